The second kappa shape index (κ2) is 9.03. The van der Waals surface area contributed by atoms with Crippen molar-refractivity contribution in [1.82, 2.24) is 0 Å². The minimum Gasteiger partial charge on any atom is -0.322 e. The van der Waals surface area contributed by atoms with Crippen molar-refractivity contribution in [2.45, 2.75) is 12.1 Å². The number of nitrogens with two attached hydrogens (primary N) is 2. The molecule has 0 saturated heterocycles. The molecule has 2 rings (SSSR count). The lowest BCUT2D eigenvalue weighted by Gasteiger charge is -2.20. The van der Waals surface area contributed by atoms with Crippen molar-refractivity contribution in [2.24, 2.45) is 11.5 Å². The fourth-order valence-corrected chi connectivity index (χ4v) is 2.31. The molecule has 2 aromatic rings. The maximum Gasteiger partial charge on any atom is 0.0491 e. The monoisotopic (exact) mass is 440 g/mol. The first kappa shape index (κ1) is 19.9. The Labute approximate surface area is 148 Å². The van der Waals surface area contributed by atoms with Crippen LogP contribution in [0.15, 0.2) is 57.5 Å². The minimum atomic E-state index is -0.209. The number of benzene rings is 2. The summed E-state index contributed by atoms with van der Waals surface area (Å²) in [6.45, 7) is 0. The summed E-state index contributed by atoms with van der Waals surface area (Å²) in [6, 6.07) is 15.5. The molecular formula is C14H16Br2Cl2N2. The Morgan fingerprint density at radius 2 is 0.850 bits per heavy atom. The van der Waals surface area contributed by atoms with Crippen molar-refractivity contribution in [3.05, 3.63) is 68.6 Å². The highest BCUT2D eigenvalue weighted by Gasteiger charge is 2.17. The van der Waals surface area contributed by atoms with Crippen LogP contribution >= 0.6 is 56.7 Å². The van der Waals surface area contributed by atoms with Crippen molar-refractivity contribution < 1.29 is 0 Å². The molecule has 0 spiro atoms. The lowest BCUT2D eigenvalue weighted by Crippen LogP contribution is -2.26. The molecule has 0 saturated carbocycles. The van der Waals surface area contributed by atoms with Crippen LogP contribution in [0, 0.1) is 0 Å². The number of hydrogen-bond acceptors (Lipinski definition) is 2. The highest BCUT2D eigenvalue weighted by molar-refractivity contribution is 9.10. The Hall–Kier alpha value is -0.100. The number of hydrogen-bond donors (Lipinski definition) is 2. The van der Waals surface area contributed by atoms with Crippen LogP contribution in [0.3, 0.4) is 0 Å². The molecule has 2 aromatic carbocycles. The molecule has 0 amide bonds. The summed E-state index contributed by atoms with van der Waals surface area (Å²) in [5, 5.41) is 0. The van der Waals surface area contributed by atoms with Gasteiger partial charge in [-0.15, -0.1) is 24.8 Å². The summed E-state index contributed by atoms with van der Waals surface area (Å²) in [5.74, 6) is 0. The smallest absolute Gasteiger partial charge is 0.0491 e. The Balaban J connectivity index is 0.00000180. The normalized spacial score (nSPS) is 12.8. The van der Waals surface area contributed by atoms with Crippen LogP contribution in [-0.2, 0) is 0 Å². The minimum absolute atomic E-state index is 0. The predicted octanol–water partition coefficient (Wildman–Crippen LogP) is 4.76. The van der Waals surface area contributed by atoms with Crippen LogP contribution in [0.5, 0.6) is 0 Å². The third-order valence-corrected chi connectivity index (χ3v) is 3.95. The van der Waals surface area contributed by atoms with Gasteiger partial charge in [-0.3, -0.25) is 0 Å². The fraction of sp³-hybridized carbons (Fsp3) is 0.143. The van der Waals surface area contributed by atoms with Gasteiger partial charge in [0.1, 0.15) is 0 Å². The van der Waals surface area contributed by atoms with E-state index in [4.69, 9.17) is 11.5 Å². The van der Waals surface area contributed by atoms with E-state index >= 15 is 0 Å². The summed E-state index contributed by atoms with van der Waals surface area (Å²) in [5.41, 5.74) is 14.5. The average Bonchev–Trinajstić information content (AvgIpc) is 2.39. The molecule has 4 N–H and O–H groups in total. The maximum atomic E-state index is 6.21. The SMILES string of the molecule is Cl.Cl.N[C@@H](c1ccc(Br)cc1)[C@@H](N)c1ccc(Br)cc1. The van der Waals surface area contributed by atoms with E-state index in [1.807, 2.05) is 48.5 Å². The molecule has 2 atom stereocenters. The van der Waals surface area contributed by atoms with Crippen molar-refractivity contribution in [3.8, 4) is 0 Å². The van der Waals surface area contributed by atoms with Gasteiger partial charge in [-0.1, -0.05) is 56.1 Å². The number of rotatable bonds is 3. The quantitative estimate of drug-likeness (QED) is 0.720. The van der Waals surface area contributed by atoms with Gasteiger partial charge in [0.15, 0.2) is 0 Å². The van der Waals surface area contributed by atoms with Gasteiger partial charge >= 0.3 is 0 Å². The van der Waals surface area contributed by atoms with E-state index in [0.29, 0.717) is 0 Å². The molecule has 110 valence electrons. The zero-order valence-corrected chi connectivity index (χ0v) is 15.3. The second-order valence-corrected chi connectivity index (χ2v) is 5.99. The Morgan fingerprint density at radius 3 is 1.10 bits per heavy atom. The van der Waals surface area contributed by atoms with E-state index < -0.39 is 0 Å². The zero-order chi connectivity index (χ0) is 13.1. The van der Waals surface area contributed by atoms with Gasteiger partial charge in [-0.2, -0.15) is 0 Å². The molecular weight excluding hydrogens is 427 g/mol. The summed E-state index contributed by atoms with van der Waals surface area (Å²) in [6.07, 6.45) is 0. The fourth-order valence-electron chi connectivity index (χ4n) is 1.78. The van der Waals surface area contributed by atoms with Gasteiger partial charge in [0.05, 0.1) is 0 Å². The van der Waals surface area contributed by atoms with Crippen molar-refractivity contribution in [1.29, 1.82) is 0 Å². The standard InChI is InChI=1S/C14H14Br2N2.2ClH/c15-11-5-1-9(2-6-11)13(17)14(18)10-3-7-12(16)8-4-10;;/h1-8,13-14H,17-18H2;2*1H/t13-,14-;;/m0../s1. The van der Waals surface area contributed by atoms with Crippen molar-refractivity contribution >= 4 is 56.7 Å². The van der Waals surface area contributed by atoms with Crippen LogP contribution in [-0.4, -0.2) is 0 Å². The van der Waals surface area contributed by atoms with Gasteiger partial charge in [0.2, 0.25) is 0 Å². The summed E-state index contributed by atoms with van der Waals surface area (Å²) in [7, 11) is 0. The summed E-state index contributed by atoms with van der Waals surface area (Å²) >= 11 is 6.81. The van der Waals surface area contributed by atoms with E-state index in [9.17, 15) is 0 Å². The molecule has 6 heteroatoms. The topological polar surface area (TPSA) is 52.0 Å². The van der Waals surface area contributed by atoms with Crippen LogP contribution in [0.4, 0.5) is 0 Å². The molecule has 20 heavy (non-hydrogen) atoms. The predicted molar refractivity (Wildman–Crippen MR) is 96.6 cm³/mol. The summed E-state index contributed by atoms with van der Waals surface area (Å²) in [4.78, 5) is 0. The van der Waals surface area contributed by atoms with Gasteiger partial charge in [-0.05, 0) is 35.4 Å². The molecule has 2 nitrogen and oxygen atoms in total. The van der Waals surface area contributed by atoms with Gasteiger partial charge in [0, 0.05) is 21.0 Å². The largest absolute Gasteiger partial charge is 0.322 e. The first-order valence-corrected chi connectivity index (χ1v) is 7.18. The Kier molecular flexibility index (Phi) is 8.98. The second-order valence-electron chi connectivity index (χ2n) is 4.15. The molecule has 0 aromatic heterocycles. The van der Waals surface area contributed by atoms with Gasteiger partial charge < -0.3 is 11.5 Å². The van der Waals surface area contributed by atoms with Crippen LogP contribution < -0.4 is 11.5 Å². The molecule has 0 unspecified atom stereocenters. The van der Waals surface area contributed by atoms with Gasteiger partial charge in [0.25, 0.3) is 0 Å². The average molecular weight is 443 g/mol. The first-order valence-electron chi connectivity index (χ1n) is 5.60. The molecule has 0 fully saturated rings. The van der Waals surface area contributed by atoms with E-state index in [1.165, 1.54) is 0 Å². The molecule has 0 heterocycles. The Bertz CT molecular complexity index is 468. The number of halogens is 4. The molecule has 0 radical (unpaired) electrons. The third kappa shape index (κ3) is 5.02. The van der Waals surface area contributed by atoms with E-state index in [0.717, 1.165) is 20.1 Å². The highest BCUT2D eigenvalue weighted by Crippen LogP contribution is 2.26. The van der Waals surface area contributed by atoms with Crippen molar-refractivity contribution in [3.63, 3.8) is 0 Å². The lowest BCUT2D eigenvalue weighted by atomic mass is 9.95. The van der Waals surface area contributed by atoms with Crippen molar-refractivity contribution in [2.75, 3.05) is 0 Å². The highest BCUT2D eigenvalue weighted by atomic mass is 79.9. The zero-order valence-electron chi connectivity index (χ0n) is 10.5. The van der Waals surface area contributed by atoms with Crippen LogP contribution in [0.25, 0.3) is 0 Å². The molecule has 0 aliphatic heterocycles. The van der Waals surface area contributed by atoms with Crippen LogP contribution in [0.2, 0.25) is 0 Å². The van der Waals surface area contributed by atoms with E-state index in [2.05, 4.69) is 31.9 Å². The van der Waals surface area contributed by atoms with E-state index in [1.54, 1.807) is 0 Å². The van der Waals surface area contributed by atoms with Gasteiger partial charge in [-0.25, -0.2) is 0 Å². The first-order chi connectivity index (χ1) is 8.58. The lowest BCUT2D eigenvalue weighted by molar-refractivity contribution is 0.574. The molecule has 0 bridgehead atoms. The maximum absolute atomic E-state index is 6.21. The van der Waals surface area contributed by atoms with E-state index in [-0.39, 0.29) is 36.9 Å². The van der Waals surface area contributed by atoms with Crippen LogP contribution in [0.1, 0.15) is 23.2 Å². The third-order valence-electron chi connectivity index (χ3n) is 2.90. The molecule has 0 aliphatic rings. The molecule has 0 aliphatic carbocycles. The Morgan fingerprint density at radius 1 is 0.600 bits per heavy atom. The summed E-state index contributed by atoms with van der Waals surface area (Å²) < 4.78 is 2.08.